The van der Waals surface area contributed by atoms with Crippen LogP contribution in [0.4, 0.5) is 0 Å². The summed E-state index contributed by atoms with van der Waals surface area (Å²) in [5.41, 5.74) is 13.6. The van der Waals surface area contributed by atoms with Gasteiger partial charge in [-0.05, 0) is 18.2 Å². The zero-order chi connectivity index (χ0) is 12.9. The van der Waals surface area contributed by atoms with E-state index in [0.717, 1.165) is 18.2 Å². The maximum atomic E-state index is 9.47. The first-order valence-electron chi connectivity index (χ1n) is 3.57. The second kappa shape index (κ2) is 14.2. The standard InChI is InChI=1S/3C3H5NO/c3*1-2-3(4)5/h3*2H,1H2,(H2,4,5). The van der Waals surface area contributed by atoms with Crippen molar-refractivity contribution in [3.8, 4) is 0 Å². The van der Waals surface area contributed by atoms with E-state index >= 15 is 0 Å². The molecule has 0 aliphatic rings. The summed E-state index contributed by atoms with van der Waals surface area (Å²) >= 11 is 0. The molecule has 0 aliphatic heterocycles. The molecular weight excluding hydrogens is 198 g/mol. The highest BCUT2D eigenvalue weighted by molar-refractivity contribution is 5.85. The molecule has 6 heteroatoms. The molecule has 0 aromatic rings. The van der Waals surface area contributed by atoms with Gasteiger partial charge in [0.1, 0.15) is 0 Å². The van der Waals surface area contributed by atoms with Crippen LogP contribution < -0.4 is 17.2 Å². The van der Waals surface area contributed by atoms with E-state index in [-0.39, 0.29) is 0 Å². The summed E-state index contributed by atoms with van der Waals surface area (Å²) in [7, 11) is 0. The molecule has 6 N–H and O–H groups in total. The van der Waals surface area contributed by atoms with Gasteiger partial charge in [0, 0.05) is 0 Å². The molecule has 0 fully saturated rings. The van der Waals surface area contributed by atoms with Gasteiger partial charge in [-0.25, -0.2) is 0 Å². The first-order chi connectivity index (χ1) is 6.81. The maximum absolute atomic E-state index is 9.47. The fraction of sp³-hybridized carbons (Fsp3) is 0. The molecule has 84 valence electrons. The molecule has 0 saturated heterocycles. The Morgan fingerprint density at radius 2 is 0.733 bits per heavy atom. The Kier molecular flexibility index (Phi) is 17.4. The molecule has 6 nitrogen and oxygen atoms in total. The third-order valence-corrected chi connectivity index (χ3v) is 0.604. The Bertz CT molecular complexity index is 217. The fourth-order valence-corrected chi connectivity index (χ4v) is 0. The van der Waals surface area contributed by atoms with Gasteiger partial charge in [0.2, 0.25) is 17.7 Å². The number of nitrogens with two attached hydrogens (primary N) is 3. The largest absolute Gasteiger partial charge is 0.366 e. The summed E-state index contributed by atoms with van der Waals surface area (Å²) in [6.07, 6.45) is 3.17. The molecule has 0 atom stereocenters. The van der Waals surface area contributed by atoms with Crippen molar-refractivity contribution < 1.29 is 14.4 Å². The quantitative estimate of drug-likeness (QED) is 0.518. The van der Waals surface area contributed by atoms with Gasteiger partial charge in [0.15, 0.2) is 0 Å². The molecule has 0 aromatic heterocycles. The van der Waals surface area contributed by atoms with Gasteiger partial charge in [0.25, 0.3) is 0 Å². The number of carbonyl (C=O) groups is 3. The van der Waals surface area contributed by atoms with Crippen molar-refractivity contribution in [2.45, 2.75) is 0 Å². The van der Waals surface area contributed by atoms with Crippen LogP contribution >= 0.6 is 0 Å². The van der Waals surface area contributed by atoms with E-state index in [1.165, 1.54) is 0 Å². The van der Waals surface area contributed by atoms with E-state index in [1.54, 1.807) is 0 Å². The van der Waals surface area contributed by atoms with Gasteiger partial charge >= 0.3 is 0 Å². The van der Waals surface area contributed by atoms with Crippen LogP contribution in [0.15, 0.2) is 38.0 Å². The topological polar surface area (TPSA) is 129 Å². The minimum Gasteiger partial charge on any atom is -0.366 e. The Morgan fingerprint density at radius 3 is 0.733 bits per heavy atom. The van der Waals surface area contributed by atoms with Crippen molar-refractivity contribution in [3.05, 3.63) is 38.0 Å². The number of carbonyl (C=O) groups excluding carboxylic acids is 3. The summed E-state index contributed by atoms with van der Waals surface area (Å²) in [5, 5.41) is 0. The third-order valence-electron chi connectivity index (χ3n) is 0.604. The molecule has 0 aromatic carbocycles. The lowest BCUT2D eigenvalue weighted by Gasteiger charge is -1.65. The van der Waals surface area contributed by atoms with Crippen molar-refractivity contribution in [3.63, 3.8) is 0 Å². The maximum Gasteiger partial charge on any atom is 0.240 e. The van der Waals surface area contributed by atoms with Crippen molar-refractivity contribution in [1.29, 1.82) is 0 Å². The van der Waals surface area contributed by atoms with Gasteiger partial charge in [-0.1, -0.05) is 19.7 Å². The molecular formula is C9H15N3O3. The van der Waals surface area contributed by atoms with Crippen molar-refractivity contribution >= 4 is 17.7 Å². The van der Waals surface area contributed by atoms with E-state index in [4.69, 9.17) is 0 Å². The van der Waals surface area contributed by atoms with Crippen molar-refractivity contribution in [2.24, 2.45) is 17.2 Å². The highest BCUT2D eigenvalue weighted by Crippen LogP contribution is 1.49. The molecule has 0 rings (SSSR count). The second-order valence-electron chi connectivity index (χ2n) is 1.82. The molecule has 0 saturated carbocycles. The molecule has 0 bridgehead atoms. The second-order valence-corrected chi connectivity index (χ2v) is 1.82. The summed E-state index contributed by atoms with van der Waals surface area (Å²) in [6.45, 7) is 9.26. The molecule has 0 unspecified atom stereocenters. The van der Waals surface area contributed by atoms with Crippen LogP contribution in [-0.4, -0.2) is 17.7 Å². The number of hydrogen-bond donors (Lipinski definition) is 3. The molecule has 0 heterocycles. The Hall–Kier alpha value is -2.37. The predicted molar refractivity (Wildman–Crippen MR) is 58.2 cm³/mol. The third kappa shape index (κ3) is 81.9. The SMILES string of the molecule is C=CC(N)=O.C=CC(N)=O.C=CC(N)=O. The Balaban J connectivity index is -0.000000144. The van der Waals surface area contributed by atoms with Crippen LogP contribution in [0.3, 0.4) is 0 Å². The van der Waals surface area contributed by atoms with E-state index in [0.29, 0.717) is 0 Å². The minimum absolute atomic E-state index is 0.481. The lowest BCUT2D eigenvalue weighted by Crippen LogP contribution is -2.04. The summed E-state index contributed by atoms with van der Waals surface area (Å²) in [6, 6.07) is 0. The van der Waals surface area contributed by atoms with Gasteiger partial charge in [-0.3, -0.25) is 14.4 Å². The number of hydrogen-bond acceptors (Lipinski definition) is 3. The first-order valence-corrected chi connectivity index (χ1v) is 3.57. The molecule has 0 aliphatic carbocycles. The number of primary amides is 3. The van der Waals surface area contributed by atoms with E-state index in [2.05, 4.69) is 36.9 Å². The highest BCUT2D eigenvalue weighted by atomic mass is 16.1. The summed E-state index contributed by atoms with van der Waals surface area (Å²) in [5.74, 6) is -1.44. The minimum atomic E-state index is -0.481. The zero-order valence-corrected chi connectivity index (χ0v) is 8.31. The average Bonchev–Trinajstić information content (AvgIpc) is 2.19. The molecule has 0 radical (unpaired) electrons. The molecule has 0 spiro atoms. The highest BCUT2D eigenvalue weighted by Gasteiger charge is 1.70. The summed E-state index contributed by atoms with van der Waals surface area (Å²) < 4.78 is 0. The molecule has 15 heavy (non-hydrogen) atoms. The number of rotatable bonds is 3. The van der Waals surface area contributed by atoms with Gasteiger partial charge in [0.05, 0.1) is 0 Å². The van der Waals surface area contributed by atoms with E-state index in [9.17, 15) is 14.4 Å². The lowest BCUT2D eigenvalue weighted by molar-refractivity contribution is -0.114. The Labute approximate surface area is 88.1 Å². The van der Waals surface area contributed by atoms with Crippen LogP contribution in [-0.2, 0) is 14.4 Å². The van der Waals surface area contributed by atoms with Crippen LogP contribution in [0.1, 0.15) is 0 Å². The number of amides is 3. The van der Waals surface area contributed by atoms with Crippen LogP contribution in [0, 0.1) is 0 Å². The fourth-order valence-electron chi connectivity index (χ4n) is 0. The zero-order valence-electron chi connectivity index (χ0n) is 8.31. The van der Waals surface area contributed by atoms with E-state index in [1.807, 2.05) is 0 Å². The van der Waals surface area contributed by atoms with Crippen LogP contribution in [0.25, 0.3) is 0 Å². The van der Waals surface area contributed by atoms with Gasteiger partial charge in [-0.15, -0.1) is 0 Å². The molecule has 3 amide bonds. The van der Waals surface area contributed by atoms with Crippen LogP contribution in [0.2, 0.25) is 0 Å². The average molecular weight is 213 g/mol. The Morgan fingerprint density at radius 1 is 0.667 bits per heavy atom. The smallest absolute Gasteiger partial charge is 0.240 e. The van der Waals surface area contributed by atoms with Crippen LogP contribution in [0.5, 0.6) is 0 Å². The van der Waals surface area contributed by atoms with Crippen molar-refractivity contribution in [2.75, 3.05) is 0 Å². The normalized spacial score (nSPS) is 6.40. The summed E-state index contributed by atoms with van der Waals surface area (Å²) in [4.78, 5) is 28.4. The first kappa shape index (κ1) is 18.4. The van der Waals surface area contributed by atoms with E-state index < -0.39 is 17.7 Å². The predicted octanol–water partition coefficient (Wildman–Crippen LogP) is -1.03. The lowest BCUT2D eigenvalue weighted by atomic mass is 10.6. The van der Waals surface area contributed by atoms with Crippen molar-refractivity contribution in [1.82, 2.24) is 0 Å². The van der Waals surface area contributed by atoms with Gasteiger partial charge < -0.3 is 17.2 Å². The monoisotopic (exact) mass is 213 g/mol. The van der Waals surface area contributed by atoms with Gasteiger partial charge in [-0.2, -0.15) is 0 Å².